The number of methoxy groups -OCH3 is 2. The number of hydrogen-bond donors (Lipinski definition) is 2. The van der Waals surface area contributed by atoms with Crippen molar-refractivity contribution in [3.8, 4) is 0 Å². The van der Waals surface area contributed by atoms with Crippen molar-refractivity contribution >= 4 is 24.7 Å². The van der Waals surface area contributed by atoms with Crippen LogP contribution in [0.5, 0.6) is 0 Å². The Hall–Kier alpha value is -0.910. The van der Waals surface area contributed by atoms with Gasteiger partial charge < -0.3 is 14.8 Å². The Kier molecular flexibility index (Phi) is 5.27. The van der Waals surface area contributed by atoms with Gasteiger partial charge in [-0.2, -0.15) is 12.6 Å². The van der Waals surface area contributed by atoms with Crippen LogP contribution < -0.4 is 5.32 Å². The summed E-state index contributed by atoms with van der Waals surface area (Å²) in [7, 11) is 2.44. The van der Waals surface area contributed by atoms with Crippen LogP contribution >= 0.6 is 12.6 Å². The Morgan fingerprint density at radius 3 is 2.33 bits per heavy atom. The van der Waals surface area contributed by atoms with Crippen LogP contribution in [0.1, 0.15) is 0 Å². The van der Waals surface area contributed by atoms with E-state index in [0.29, 0.717) is 0 Å². The molecule has 0 bridgehead atoms. The van der Waals surface area contributed by atoms with E-state index in [1.54, 1.807) is 0 Å². The molecule has 0 spiro atoms. The van der Waals surface area contributed by atoms with Crippen molar-refractivity contribution < 1.29 is 19.1 Å². The first-order valence-electron chi connectivity index (χ1n) is 3.18. The topological polar surface area (TPSA) is 64.6 Å². The molecule has 1 amide bonds. The fraction of sp³-hybridized carbons (Fsp3) is 0.667. The number of thiol groups is 1. The molecule has 0 aliphatic carbocycles. The molecule has 0 saturated heterocycles. The quantitative estimate of drug-likeness (QED) is 0.482. The minimum absolute atomic E-state index is 0.168. The molecular formula is C6H11NO4S. The first kappa shape index (κ1) is 11.1. The maximum Gasteiger partial charge on any atom is 0.407 e. The number of carbonyl (C=O) groups excluding carboxylic acids is 2. The van der Waals surface area contributed by atoms with Gasteiger partial charge in [-0.3, -0.25) is 0 Å². The predicted octanol–water partition coefficient (Wildman–Crippen LogP) is -0.186. The van der Waals surface area contributed by atoms with Crippen LogP contribution in [0.3, 0.4) is 0 Å². The summed E-state index contributed by atoms with van der Waals surface area (Å²) in [5, 5.41) is 2.25. The highest BCUT2D eigenvalue weighted by molar-refractivity contribution is 7.80. The lowest BCUT2D eigenvalue weighted by atomic mass is 10.3. The number of alkyl carbamates (subject to hydrolysis) is 1. The lowest BCUT2D eigenvalue weighted by Gasteiger charge is -2.12. The van der Waals surface area contributed by atoms with E-state index in [-0.39, 0.29) is 5.75 Å². The average Bonchev–Trinajstić information content (AvgIpc) is 2.12. The Balaban J connectivity index is 3.99. The summed E-state index contributed by atoms with van der Waals surface area (Å²) in [6.45, 7) is 0. The summed E-state index contributed by atoms with van der Waals surface area (Å²) in [5.41, 5.74) is 0. The molecule has 1 unspecified atom stereocenters. The normalized spacial score (nSPS) is 11.6. The fourth-order valence-electron chi connectivity index (χ4n) is 0.523. The zero-order chi connectivity index (χ0) is 9.56. The van der Waals surface area contributed by atoms with Crippen LogP contribution in [0.2, 0.25) is 0 Å². The van der Waals surface area contributed by atoms with E-state index in [0.717, 1.165) is 0 Å². The maximum atomic E-state index is 10.9. The number of nitrogens with one attached hydrogen (secondary N) is 1. The molecule has 0 aromatic carbocycles. The minimum atomic E-state index is -0.759. The molecular weight excluding hydrogens is 182 g/mol. The molecule has 0 saturated carbocycles. The van der Waals surface area contributed by atoms with Crippen molar-refractivity contribution in [3.05, 3.63) is 0 Å². The van der Waals surface area contributed by atoms with E-state index in [2.05, 4.69) is 27.4 Å². The summed E-state index contributed by atoms with van der Waals surface area (Å²) in [4.78, 5) is 21.5. The summed E-state index contributed by atoms with van der Waals surface area (Å²) < 4.78 is 8.68. The van der Waals surface area contributed by atoms with Crippen LogP contribution in [-0.2, 0) is 14.3 Å². The molecule has 0 aliphatic rings. The van der Waals surface area contributed by atoms with Crippen molar-refractivity contribution in [2.75, 3.05) is 20.0 Å². The predicted molar refractivity (Wildman–Crippen MR) is 45.2 cm³/mol. The van der Waals surface area contributed by atoms with E-state index in [4.69, 9.17) is 0 Å². The molecule has 0 aromatic heterocycles. The summed E-state index contributed by atoms with van der Waals surface area (Å²) in [6, 6.07) is -0.759. The second-order valence-electron chi connectivity index (χ2n) is 1.89. The lowest BCUT2D eigenvalue weighted by molar-refractivity contribution is -0.142. The molecule has 1 N–H and O–H groups in total. The molecule has 5 nitrogen and oxygen atoms in total. The number of ether oxygens (including phenoxy) is 2. The van der Waals surface area contributed by atoms with Gasteiger partial charge in [0.1, 0.15) is 6.04 Å². The number of rotatable bonds is 3. The van der Waals surface area contributed by atoms with Gasteiger partial charge in [-0.05, 0) is 0 Å². The first-order chi connectivity index (χ1) is 5.65. The van der Waals surface area contributed by atoms with Gasteiger partial charge >= 0.3 is 12.1 Å². The standard InChI is InChI=1S/C6H11NO4S/c1-10-5(8)4(3-12)7-6(9)11-2/h4,12H,3H2,1-2H3,(H,7,9). The Labute approximate surface area is 75.8 Å². The third kappa shape index (κ3) is 3.47. The van der Waals surface area contributed by atoms with E-state index in [1.807, 2.05) is 0 Å². The van der Waals surface area contributed by atoms with Gasteiger partial charge in [0.25, 0.3) is 0 Å². The smallest absolute Gasteiger partial charge is 0.407 e. The molecule has 0 rings (SSSR count). The van der Waals surface area contributed by atoms with Crippen molar-refractivity contribution in [2.45, 2.75) is 6.04 Å². The molecule has 0 aliphatic heterocycles. The summed E-state index contributed by atoms with van der Waals surface area (Å²) >= 11 is 3.85. The fourth-order valence-corrected chi connectivity index (χ4v) is 0.763. The molecule has 12 heavy (non-hydrogen) atoms. The molecule has 70 valence electrons. The van der Waals surface area contributed by atoms with Gasteiger partial charge in [0.2, 0.25) is 0 Å². The Morgan fingerprint density at radius 2 is 2.00 bits per heavy atom. The van der Waals surface area contributed by atoms with E-state index in [1.165, 1.54) is 14.2 Å². The number of carbonyl (C=O) groups is 2. The Bertz CT molecular complexity index is 173. The zero-order valence-electron chi connectivity index (χ0n) is 6.86. The van der Waals surface area contributed by atoms with E-state index in [9.17, 15) is 9.59 Å². The Morgan fingerprint density at radius 1 is 1.42 bits per heavy atom. The van der Waals surface area contributed by atoms with Crippen molar-refractivity contribution in [2.24, 2.45) is 0 Å². The monoisotopic (exact) mass is 193 g/mol. The van der Waals surface area contributed by atoms with Crippen molar-refractivity contribution in [1.29, 1.82) is 0 Å². The highest BCUT2D eigenvalue weighted by atomic mass is 32.1. The van der Waals surface area contributed by atoms with Gasteiger partial charge in [0, 0.05) is 5.75 Å². The number of esters is 1. The molecule has 0 fully saturated rings. The van der Waals surface area contributed by atoms with Crippen molar-refractivity contribution in [1.82, 2.24) is 5.32 Å². The highest BCUT2D eigenvalue weighted by Gasteiger charge is 2.19. The van der Waals surface area contributed by atoms with Gasteiger partial charge in [0.15, 0.2) is 0 Å². The zero-order valence-corrected chi connectivity index (χ0v) is 7.76. The third-order valence-corrected chi connectivity index (χ3v) is 1.51. The molecule has 6 heteroatoms. The van der Waals surface area contributed by atoms with Crippen LogP contribution in [0.4, 0.5) is 4.79 Å². The van der Waals surface area contributed by atoms with Crippen LogP contribution in [0.25, 0.3) is 0 Å². The van der Waals surface area contributed by atoms with Crippen LogP contribution in [0.15, 0.2) is 0 Å². The van der Waals surface area contributed by atoms with Gasteiger partial charge in [-0.25, -0.2) is 9.59 Å². The maximum absolute atomic E-state index is 10.9. The van der Waals surface area contributed by atoms with E-state index < -0.39 is 18.1 Å². The van der Waals surface area contributed by atoms with Crippen LogP contribution in [0, 0.1) is 0 Å². The largest absolute Gasteiger partial charge is 0.467 e. The molecule has 0 heterocycles. The average molecular weight is 193 g/mol. The number of hydrogen-bond acceptors (Lipinski definition) is 5. The lowest BCUT2D eigenvalue weighted by Crippen LogP contribution is -2.42. The second-order valence-corrected chi connectivity index (χ2v) is 2.26. The number of amides is 1. The highest BCUT2D eigenvalue weighted by Crippen LogP contribution is 1.91. The van der Waals surface area contributed by atoms with E-state index >= 15 is 0 Å². The summed E-state index contributed by atoms with van der Waals surface area (Å²) in [6.07, 6.45) is -0.681. The minimum Gasteiger partial charge on any atom is -0.467 e. The molecule has 0 aromatic rings. The van der Waals surface area contributed by atoms with Crippen LogP contribution in [-0.4, -0.2) is 38.1 Å². The second kappa shape index (κ2) is 5.70. The third-order valence-electron chi connectivity index (χ3n) is 1.15. The first-order valence-corrected chi connectivity index (χ1v) is 3.82. The summed E-state index contributed by atoms with van der Waals surface area (Å²) in [5.74, 6) is -0.378. The van der Waals surface area contributed by atoms with Gasteiger partial charge in [-0.15, -0.1) is 0 Å². The van der Waals surface area contributed by atoms with Gasteiger partial charge in [-0.1, -0.05) is 0 Å². The SMILES string of the molecule is COC(=O)NC(CS)C(=O)OC. The molecule has 1 atom stereocenters. The van der Waals surface area contributed by atoms with Crippen molar-refractivity contribution in [3.63, 3.8) is 0 Å². The molecule has 0 radical (unpaired) electrons. The van der Waals surface area contributed by atoms with Gasteiger partial charge in [0.05, 0.1) is 14.2 Å².